The summed E-state index contributed by atoms with van der Waals surface area (Å²) in [6, 6.07) is 3.14. The lowest BCUT2D eigenvalue weighted by Gasteiger charge is -2.40. The van der Waals surface area contributed by atoms with Crippen molar-refractivity contribution < 1.29 is 32.2 Å². The number of methoxy groups -OCH3 is 1. The first-order valence-electron chi connectivity index (χ1n) is 8.14. The number of alkyl halides is 3. The highest BCUT2D eigenvalue weighted by atomic mass is 19.4. The highest BCUT2D eigenvalue weighted by Crippen LogP contribution is 2.42. The van der Waals surface area contributed by atoms with Crippen molar-refractivity contribution >= 4 is 12.0 Å². The molecule has 0 fully saturated rings. The summed E-state index contributed by atoms with van der Waals surface area (Å²) in [6.45, 7) is 1.59. The largest absolute Gasteiger partial charge is 0.460 e. The Morgan fingerprint density at radius 2 is 1.81 bits per heavy atom. The number of nitrogens with zero attached hydrogens (tertiary/aromatic N) is 2. The van der Waals surface area contributed by atoms with Gasteiger partial charge in [-0.15, -0.1) is 0 Å². The van der Waals surface area contributed by atoms with Crippen LogP contribution in [0.5, 0.6) is 0 Å². The number of hydrogen-bond donors (Lipinski definition) is 0. The second-order valence-electron chi connectivity index (χ2n) is 6.07. The fraction of sp³-hybridized carbons (Fsp3) is 0.444. The number of esters is 1. The Hall–Kier alpha value is -2.55. The van der Waals surface area contributed by atoms with E-state index >= 15 is 0 Å². The van der Waals surface area contributed by atoms with Crippen molar-refractivity contribution in [3.8, 4) is 0 Å². The molecule has 1 aliphatic rings. The van der Waals surface area contributed by atoms with Gasteiger partial charge in [0.25, 0.3) is 0 Å². The van der Waals surface area contributed by atoms with Gasteiger partial charge in [-0.1, -0.05) is 18.2 Å². The van der Waals surface area contributed by atoms with Crippen LogP contribution in [0.15, 0.2) is 35.5 Å². The van der Waals surface area contributed by atoms with Gasteiger partial charge in [0.2, 0.25) is 0 Å². The van der Waals surface area contributed by atoms with Crippen molar-refractivity contribution in [1.29, 1.82) is 0 Å². The lowest BCUT2D eigenvalue weighted by atomic mass is 9.90. The van der Waals surface area contributed by atoms with Crippen LogP contribution in [0.25, 0.3) is 0 Å². The second kappa shape index (κ2) is 7.99. The Kier molecular flexibility index (Phi) is 6.15. The Labute approximate surface area is 155 Å². The van der Waals surface area contributed by atoms with Gasteiger partial charge in [-0.05, 0) is 18.6 Å². The van der Waals surface area contributed by atoms with Gasteiger partial charge >= 0.3 is 18.2 Å². The lowest BCUT2D eigenvalue weighted by Crippen LogP contribution is -2.47. The number of halogens is 3. The summed E-state index contributed by atoms with van der Waals surface area (Å²) in [5, 5.41) is 0. The van der Waals surface area contributed by atoms with Gasteiger partial charge in [0.1, 0.15) is 6.61 Å². The van der Waals surface area contributed by atoms with Gasteiger partial charge in [0.05, 0.1) is 23.8 Å². The van der Waals surface area contributed by atoms with Crippen LogP contribution in [0.1, 0.15) is 24.1 Å². The van der Waals surface area contributed by atoms with Crippen LogP contribution in [0.3, 0.4) is 0 Å². The molecule has 2 rings (SSSR count). The molecule has 0 unspecified atom stereocenters. The predicted molar refractivity (Wildman–Crippen MR) is 90.6 cm³/mol. The number of hydrogen-bond acceptors (Lipinski definition) is 4. The van der Waals surface area contributed by atoms with E-state index in [4.69, 9.17) is 9.47 Å². The minimum atomic E-state index is -4.64. The van der Waals surface area contributed by atoms with Crippen LogP contribution in [-0.2, 0) is 20.4 Å². The maximum Gasteiger partial charge on any atom is 0.416 e. The molecule has 0 saturated carbocycles. The lowest BCUT2D eigenvalue weighted by molar-refractivity contribution is -0.142. The number of carbonyl (C=O) groups is 2. The van der Waals surface area contributed by atoms with Crippen molar-refractivity contribution in [2.45, 2.75) is 19.1 Å². The number of likely N-dealkylation sites (N-methyl/N-ethyl adjacent to an activating group) is 1. The van der Waals surface area contributed by atoms with Crippen LogP contribution >= 0.6 is 0 Å². The number of ether oxygens (including phenoxy) is 2. The zero-order valence-electron chi connectivity index (χ0n) is 15.5. The molecule has 1 atom stereocenters. The van der Waals surface area contributed by atoms with Crippen LogP contribution in [0, 0.1) is 0 Å². The third-order valence-corrected chi connectivity index (χ3v) is 4.44. The topological polar surface area (TPSA) is 59.1 Å². The van der Waals surface area contributed by atoms with Gasteiger partial charge in [0.15, 0.2) is 0 Å². The Morgan fingerprint density at radius 3 is 2.41 bits per heavy atom. The van der Waals surface area contributed by atoms with Crippen molar-refractivity contribution in [3.63, 3.8) is 0 Å². The Morgan fingerprint density at radius 1 is 1.19 bits per heavy atom. The molecule has 27 heavy (non-hydrogen) atoms. The predicted octanol–water partition coefficient (Wildman–Crippen LogP) is 3.21. The van der Waals surface area contributed by atoms with Gasteiger partial charge in [-0.3, -0.25) is 0 Å². The van der Waals surface area contributed by atoms with Gasteiger partial charge in [-0.2, -0.15) is 13.2 Å². The average molecular weight is 386 g/mol. The number of allylic oxidation sites excluding steroid dienone is 1. The average Bonchev–Trinajstić information content (AvgIpc) is 2.62. The molecular formula is C18H21F3N2O4. The molecule has 6 nitrogen and oxygen atoms in total. The number of rotatable bonds is 5. The number of urea groups is 1. The van der Waals surface area contributed by atoms with E-state index in [9.17, 15) is 22.8 Å². The van der Waals surface area contributed by atoms with E-state index in [0.29, 0.717) is 0 Å². The molecule has 1 aliphatic heterocycles. The first-order chi connectivity index (χ1) is 12.6. The maximum absolute atomic E-state index is 13.5. The van der Waals surface area contributed by atoms with E-state index in [1.54, 1.807) is 0 Å². The zero-order valence-corrected chi connectivity index (χ0v) is 15.5. The Balaban J connectivity index is 2.61. The molecule has 0 aliphatic carbocycles. The highest BCUT2D eigenvalue weighted by molar-refractivity contribution is 5.95. The monoisotopic (exact) mass is 386 g/mol. The fourth-order valence-corrected chi connectivity index (χ4v) is 2.98. The maximum atomic E-state index is 13.5. The van der Waals surface area contributed by atoms with Crippen LogP contribution < -0.4 is 0 Å². The van der Waals surface area contributed by atoms with E-state index in [-0.39, 0.29) is 30.0 Å². The summed E-state index contributed by atoms with van der Waals surface area (Å²) in [4.78, 5) is 27.4. The molecule has 0 radical (unpaired) electrons. The SMILES string of the molecule is COCCOC(=O)C1=C(C)N(C)C(=O)N(C)[C@@H]1c1ccccc1C(F)(F)F. The van der Waals surface area contributed by atoms with Crippen molar-refractivity contribution in [3.05, 3.63) is 46.7 Å². The zero-order chi connectivity index (χ0) is 20.4. The minimum absolute atomic E-state index is 0.0209. The fourth-order valence-electron chi connectivity index (χ4n) is 2.98. The molecule has 1 heterocycles. The first kappa shape index (κ1) is 20.8. The second-order valence-corrected chi connectivity index (χ2v) is 6.07. The number of benzene rings is 1. The molecule has 2 amide bonds. The Bertz CT molecular complexity index is 761. The third-order valence-electron chi connectivity index (χ3n) is 4.44. The molecule has 0 aromatic heterocycles. The summed E-state index contributed by atoms with van der Waals surface area (Å²) >= 11 is 0. The number of carbonyl (C=O) groups excluding carboxylic acids is 2. The molecule has 0 spiro atoms. The van der Waals surface area contributed by atoms with E-state index in [1.807, 2.05) is 0 Å². The molecule has 0 N–H and O–H groups in total. The van der Waals surface area contributed by atoms with Crippen LogP contribution in [-0.4, -0.2) is 56.2 Å². The van der Waals surface area contributed by atoms with Crippen molar-refractivity contribution in [1.82, 2.24) is 9.80 Å². The summed E-state index contributed by atoms with van der Waals surface area (Å²) in [5.74, 6) is -0.794. The van der Waals surface area contributed by atoms with E-state index in [0.717, 1.165) is 11.0 Å². The normalized spacial score (nSPS) is 18.2. The standard InChI is InChI=1S/C18H21F3N2O4/c1-11-14(16(24)27-10-9-26-4)15(23(3)17(25)22(11)2)12-7-5-6-8-13(12)18(19,20)21/h5-8,15H,9-10H2,1-4H3/t15-/m1/s1. The van der Waals surface area contributed by atoms with Gasteiger partial charge < -0.3 is 19.3 Å². The third kappa shape index (κ3) is 4.08. The molecule has 1 aromatic carbocycles. The minimum Gasteiger partial charge on any atom is -0.460 e. The molecule has 0 saturated heterocycles. The van der Waals surface area contributed by atoms with Crippen molar-refractivity contribution in [2.24, 2.45) is 0 Å². The van der Waals surface area contributed by atoms with Crippen LogP contribution in [0.2, 0.25) is 0 Å². The van der Waals surface area contributed by atoms with Gasteiger partial charge in [0, 0.05) is 26.9 Å². The number of amides is 2. The summed E-state index contributed by atoms with van der Waals surface area (Å²) in [6.07, 6.45) is -4.64. The van der Waals surface area contributed by atoms with Crippen LogP contribution in [0.4, 0.5) is 18.0 Å². The summed E-state index contributed by atoms with van der Waals surface area (Å²) < 4.78 is 50.5. The molecule has 1 aromatic rings. The van der Waals surface area contributed by atoms with Crippen molar-refractivity contribution in [2.75, 3.05) is 34.4 Å². The summed E-state index contributed by atoms with van der Waals surface area (Å²) in [7, 11) is 4.23. The van der Waals surface area contributed by atoms with E-state index in [1.165, 1.54) is 51.2 Å². The highest BCUT2D eigenvalue weighted by Gasteiger charge is 2.43. The molecular weight excluding hydrogens is 365 g/mol. The quantitative estimate of drug-likeness (QED) is 0.576. The molecule has 0 bridgehead atoms. The van der Waals surface area contributed by atoms with E-state index < -0.39 is 29.8 Å². The smallest absolute Gasteiger partial charge is 0.416 e. The van der Waals surface area contributed by atoms with E-state index in [2.05, 4.69) is 0 Å². The van der Waals surface area contributed by atoms with Gasteiger partial charge in [-0.25, -0.2) is 9.59 Å². The molecule has 9 heteroatoms. The first-order valence-corrected chi connectivity index (χ1v) is 8.14. The molecule has 148 valence electrons. The summed E-state index contributed by atoms with van der Waals surface area (Å²) in [5.41, 5.74) is -0.879.